The lowest BCUT2D eigenvalue weighted by molar-refractivity contribution is 0.108. The Hall–Kier alpha value is -0.490. The van der Waals surface area contributed by atoms with Crippen LogP contribution in [0.5, 0.6) is 11.5 Å². The standard InChI is InChI=1S/C9H8ClIO3/c1-13-5-3-6(9(10)12)8(11)7(4-5)14-2/h3-4H,1-2H3. The number of methoxy groups -OCH3 is 2. The summed E-state index contributed by atoms with van der Waals surface area (Å²) in [5.74, 6) is 1.13. The highest BCUT2D eigenvalue weighted by Crippen LogP contribution is 2.30. The van der Waals surface area contributed by atoms with Crippen LogP contribution < -0.4 is 9.47 Å². The van der Waals surface area contributed by atoms with E-state index < -0.39 is 5.24 Å². The molecule has 0 spiro atoms. The molecule has 14 heavy (non-hydrogen) atoms. The Labute approximate surface area is 100 Å². The molecule has 0 bridgehead atoms. The Kier molecular flexibility index (Phi) is 4.00. The van der Waals surface area contributed by atoms with E-state index in [0.29, 0.717) is 20.6 Å². The first-order valence-electron chi connectivity index (χ1n) is 3.71. The molecule has 0 atom stereocenters. The SMILES string of the molecule is COc1cc(OC)c(I)c(C(=O)Cl)c1. The van der Waals surface area contributed by atoms with Crippen molar-refractivity contribution in [3.63, 3.8) is 0 Å². The third kappa shape index (κ3) is 2.30. The van der Waals surface area contributed by atoms with Gasteiger partial charge in [-0.15, -0.1) is 0 Å². The van der Waals surface area contributed by atoms with E-state index in [9.17, 15) is 4.79 Å². The van der Waals surface area contributed by atoms with E-state index in [4.69, 9.17) is 21.1 Å². The summed E-state index contributed by atoms with van der Waals surface area (Å²) in [5, 5.41) is -0.522. The lowest BCUT2D eigenvalue weighted by atomic mass is 10.2. The Morgan fingerprint density at radius 2 is 2.00 bits per heavy atom. The van der Waals surface area contributed by atoms with E-state index in [1.807, 2.05) is 22.6 Å². The van der Waals surface area contributed by atoms with Crippen LogP contribution in [-0.2, 0) is 0 Å². The molecule has 0 heterocycles. The molecule has 1 aromatic rings. The van der Waals surface area contributed by atoms with Crippen molar-refractivity contribution in [2.75, 3.05) is 14.2 Å². The van der Waals surface area contributed by atoms with E-state index in [2.05, 4.69) is 0 Å². The molecular weight excluding hydrogens is 318 g/mol. The zero-order valence-electron chi connectivity index (χ0n) is 7.64. The smallest absolute Gasteiger partial charge is 0.253 e. The number of carbonyl (C=O) groups excluding carboxylic acids is 1. The van der Waals surface area contributed by atoms with Gasteiger partial charge in [0, 0.05) is 6.07 Å². The monoisotopic (exact) mass is 326 g/mol. The van der Waals surface area contributed by atoms with Gasteiger partial charge < -0.3 is 9.47 Å². The van der Waals surface area contributed by atoms with Crippen molar-refractivity contribution >= 4 is 39.4 Å². The van der Waals surface area contributed by atoms with Crippen LogP contribution in [-0.4, -0.2) is 19.5 Å². The number of carbonyl (C=O) groups is 1. The second-order valence-corrected chi connectivity index (χ2v) is 3.89. The van der Waals surface area contributed by atoms with Crippen LogP contribution in [0.2, 0.25) is 0 Å². The predicted octanol–water partition coefficient (Wildman–Crippen LogP) is 2.69. The van der Waals surface area contributed by atoms with Gasteiger partial charge in [0.1, 0.15) is 11.5 Å². The number of hydrogen-bond donors (Lipinski definition) is 0. The van der Waals surface area contributed by atoms with Crippen LogP contribution in [0.4, 0.5) is 0 Å². The summed E-state index contributed by atoms with van der Waals surface area (Å²) >= 11 is 7.41. The minimum absolute atomic E-state index is 0.392. The van der Waals surface area contributed by atoms with Gasteiger partial charge in [0.05, 0.1) is 23.4 Å². The minimum Gasteiger partial charge on any atom is -0.497 e. The average Bonchev–Trinajstić information content (AvgIpc) is 2.17. The van der Waals surface area contributed by atoms with Gasteiger partial charge in [-0.2, -0.15) is 0 Å². The fraction of sp³-hybridized carbons (Fsp3) is 0.222. The quantitative estimate of drug-likeness (QED) is 0.633. The van der Waals surface area contributed by atoms with Gasteiger partial charge in [-0.05, 0) is 40.3 Å². The van der Waals surface area contributed by atoms with Gasteiger partial charge >= 0.3 is 0 Å². The lowest BCUT2D eigenvalue weighted by Gasteiger charge is -2.08. The molecule has 3 nitrogen and oxygen atoms in total. The van der Waals surface area contributed by atoms with Crippen LogP contribution in [0.15, 0.2) is 12.1 Å². The summed E-state index contributed by atoms with van der Waals surface area (Å²) in [6.45, 7) is 0. The van der Waals surface area contributed by atoms with Crippen molar-refractivity contribution in [2.45, 2.75) is 0 Å². The van der Waals surface area contributed by atoms with Crippen LogP contribution in [0, 0.1) is 3.57 Å². The van der Waals surface area contributed by atoms with Gasteiger partial charge in [0.2, 0.25) is 0 Å². The maximum Gasteiger partial charge on any atom is 0.253 e. The molecule has 1 rings (SSSR count). The van der Waals surface area contributed by atoms with E-state index >= 15 is 0 Å². The number of halogens is 2. The molecule has 0 aliphatic carbocycles. The molecule has 1 aromatic carbocycles. The van der Waals surface area contributed by atoms with Crippen molar-refractivity contribution in [2.24, 2.45) is 0 Å². The minimum atomic E-state index is -0.522. The second-order valence-electron chi connectivity index (χ2n) is 2.46. The molecule has 0 unspecified atom stereocenters. The largest absolute Gasteiger partial charge is 0.497 e. The Morgan fingerprint density at radius 1 is 1.36 bits per heavy atom. The molecule has 0 radical (unpaired) electrons. The molecule has 0 aliphatic heterocycles. The van der Waals surface area contributed by atoms with E-state index in [1.54, 1.807) is 12.1 Å². The summed E-state index contributed by atoms with van der Waals surface area (Å²) in [6, 6.07) is 3.28. The summed E-state index contributed by atoms with van der Waals surface area (Å²) < 4.78 is 10.8. The third-order valence-corrected chi connectivity index (χ3v) is 3.00. The summed E-state index contributed by atoms with van der Waals surface area (Å²) in [7, 11) is 3.05. The Bertz CT molecular complexity index is 365. The zero-order chi connectivity index (χ0) is 10.7. The number of ether oxygens (including phenoxy) is 2. The van der Waals surface area contributed by atoms with Crippen LogP contribution in [0.1, 0.15) is 10.4 Å². The summed E-state index contributed by atoms with van der Waals surface area (Å²) in [6.07, 6.45) is 0. The zero-order valence-corrected chi connectivity index (χ0v) is 10.5. The fourth-order valence-electron chi connectivity index (χ4n) is 0.982. The van der Waals surface area contributed by atoms with Crippen molar-refractivity contribution in [3.8, 4) is 11.5 Å². The highest BCUT2D eigenvalue weighted by atomic mass is 127. The fourth-order valence-corrected chi connectivity index (χ4v) is 2.07. The van der Waals surface area contributed by atoms with Gasteiger partial charge in [-0.25, -0.2) is 0 Å². The summed E-state index contributed by atoms with van der Waals surface area (Å²) in [5.41, 5.74) is 0.392. The van der Waals surface area contributed by atoms with Crippen molar-refractivity contribution in [1.29, 1.82) is 0 Å². The molecule has 0 aromatic heterocycles. The topological polar surface area (TPSA) is 35.5 Å². The average molecular weight is 327 g/mol. The molecule has 0 saturated heterocycles. The first kappa shape index (κ1) is 11.6. The van der Waals surface area contributed by atoms with Crippen LogP contribution in [0.25, 0.3) is 0 Å². The molecule has 0 amide bonds. The normalized spacial score (nSPS) is 9.71. The molecule has 5 heteroatoms. The maximum atomic E-state index is 11.1. The molecule has 0 N–H and O–H groups in total. The van der Waals surface area contributed by atoms with E-state index in [1.165, 1.54) is 14.2 Å². The molecule has 0 fully saturated rings. The third-order valence-electron chi connectivity index (χ3n) is 1.68. The predicted molar refractivity (Wildman–Crippen MR) is 62.4 cm³/mol. The molecular formula is C9H8ClIO3. The van der Waals surface area contributed by atoms with E-state index in [-0.39, 0.29) is 0 Å². The molecule has 0 saturated carbocycles. The van der Waals surface area contributed by atoms with Gasteiger partial charge in [0.25, 0.3) is 5.24 Å². The van der Waals surface area contributed by atoms with Crippen LogP contribution >= 0.6 is 34.2 Å². The first-order chi connectivity index (χ1) is 6.60. The Morgan fingerprint density at radius 3 is 2.43 bits per heavy atom. The van der Waals surface area contributed by atoms with Gasteiger partial charge in [-0.1, -0.05) is 0 Å². The Balaban J connectivity index is 3.34. The highest BCUT2D eigenvalue weighted by molar-refractivity contribution is 14.1. The number of rotatable bonds is 3. The summed E-state index contributed by atoms with van der Waals surface area (Å²) in [4.78, 5) is 11.1. The lowest BCUT2D eigenvalue weighted by Crippen LogP contribution is -1.98. The molecule has 0 aliphatic rings. The van der Waals surface area contributed by atoms with E-state index in [0.717, 1.165) is 0 Å². The van der Waals surface area contributed by atoms with Crippen molar-refractivity contribution in [1.82, 2.24) is 0 Å². The van der Waals surface area contributed by atoms with Crippen molar-refractivity contribution in [3.05, 3.63) is 21.3 Å². The second kappa shape index (κ2) is 4.84. The highest BCUT2D eigenvalue weighted by Gasteiger charge is 2.14. The van der Waals surface area contributed by atoms with Gasteiger partial charge in [0.15, 0.2) is 0 Å². The van der Waals surface area contributed by atoms with Crippen molar-refractivity contribution < 1.29 is 14.3 Å². The first-order valence-corrected chi connectivity index (χ1v) is 5.17. The number of hydrogen-bond acceptors (Lipinski definition) is 3. The van der Waals surface area contributed by atoms with Crippen LogP contribution in [0.3, 0.4) is 0 Å². The number of benzene rings is 1. The van der Waals surface area contributed by atoms with Gasteiger partial charge in [-0.3, -0.25) is 4.79 Å². The maximum absolute atomic E-state index is 11.1. The molecule has 76 valence electrons.